The Morgan fingerprint density at radius 2 is 2.12 bits per heavy atom. The first-order valence-electron chi connectivity index (χ1n) is 6.25. The van der Waals surface area contributed by atoms with Gasteiger partial charge in [-0.15, -0.1) is 0 Å². The summed E-state index contributed by atoms with van der Waals surface area (Å²) in [6, 6.07) is 7.89. The summed E-state index contributed by atoms with van der Waals surface area (Å²) in [4.78, 5) is 11.5. The van der Waals surface area contributed by atoms with Crippen LogP contribution >= 0.6 is 0 Å². The fraction of sp³-hybridized carbons (Fsp3) is 0.500. The van der Waals surface area contributed by atoms with Gasteiger partial charge in [0.1, 0.15) is 0 Å². The van der Waals surface area contributed by atoms with E-state index in [0.29, 0.717) is 12.5 Å². The van der Waals surface area contributed by atoms with Crippen LogP contribution < -0.4 is 10.6 Å². The van der Waals surface area contributed by atoms with Crippen LogP contribution in [0.5, 0.6) is 0 Å². The van der Waals surface area contributed by atoms with Gasteiger partial charge in [0.2, 0.25) is 0 Å². The molecule has 0 spiro atoms. The molecule has 0 aromatic heterocycles. The van der Waals surface area contributed by atoms with Crippen LogP contribution in [0.3, 0.4) is 0 Å². The van der Waals surface area contributed by atoms with E-state index in [1.807, 2.05) is 25.1 Å². The molecule has 0 bridgehead atoms. The van der Waals surface area contributed by atoms with E-state index in [-0.39, 0.29) is 6.03 Å². The lowest BCUT2D eigenvalue weighted by Crippen LogP contribution is -2.29. The molecule has 0 unspecified atom stereocenters. The van der Waals surface area contributed by atoms with Crippen LogP contribution in [0.4, 0.5) is 10.5 Å². The molecule has 0 aliphatic carbocycles. The van der Waals surface area contributed by atoms with E-state index < -0.39 is 0 Å². The Morgan fingerprint density at radius 1 is 1.35 bits per heavy atom. The molecule has 94 valence electrons. The van der Waals surface area contributed by atoms with Gasteiger partial charge in [0, 0.05) is 12.2 Å². The number of carbonyl (C=O) groups excluding carboxylic acids is 1. The maximum Gasteiger partial charge on any atom is 0.319 e. The highest BCUT2D eigenvalue weighted by atomic mass is 16.2. The Balaban J connectivity index is 2.56. The molecule has 3 nitrogen and oxygen atoms in total. The van der Waals surface area contributed by atoms with Crippen LogP contribution in [0.2, 0.25) is 0 Å². The highest BCUT2D eigenvalue weighted by molar-refractivity contribution is 5.89. The average molecular weight is 234 g/mol. The summed E-state index contributed by atoms with van der Waals surface area (Å²) in [7, 11) is 0. The first kappa shape index (κ1) is 13.6. The SMILES string of the molecule is CCCNC(=O)Nc1cccc(CC(C)C)c1. The number of rotatable bonds is 5. The molecule has 2 amide bonds. The molecule has 2 N–H and O–H groups in total. The molecule has 0 radical (unpaired) electrons. The van der Waals surface area contributed by atoms with Gasteiger partial charge in [0.05, 0.1) is 0 Å². The van der Waals surface area contributed by atoms with Gasteiger partial charge in [-0.1, -0.05) is 32.9 Å². The number of nitrogens with one attached hydrogen (secondary N) is 2. The van der Waals surface area contributed by atoms with Gasteiger partial charge >= 0.3 is 6.03 Å². The second-order valence-electron chi connectivity index (χ2n) is 4.68. The van der Waals surface area contributed by atoms with Gasteiger partial charge in [0.25, 0.3) is 0 Å². The lowest BCUT2D eigenvalue weighted by molar-refractivity contribution is 0.252. The van der Waals surface area contributed by atoms with Crippen molar-refractivity contribution in [1.29, 1.82) is 0 Å². The molecule has 3 heteroatoms. The molecule has 1 aromatic carbocycles. The minimum absolute atomic E-state index is 0.131. The lowest BCUT2D eigenvalue weighted by Gasteiger charge is -2.09. The van der Waals surface area contributed by atoms with Crippen molar-refractivity contribution >= 4 is 11.7 Å². The fourth-order valence-corrected chi connectivity index (χ4v) is 1.66. The number of benzene rings is 1. The first-order valence-corrected chi connectivity index (χ1v) is 6.25. The Kier molecular flexibility index (Phi) is 5.53. The highest BCUT2D eigenvalue weighted by Crippen LogP contribution is 2.14. The Labute approximate surface area is 104 Å². The molecule has 1 aromatic rings. The molecule has 0 aliphatic rings. The molecule has 0 saturated heterocycles. The molecule has 0 fully saturated rings. The predicted octanol–water partition coefficient (Wildman–Crippen LogP) is 3.42. The third-order valence-corrected chi connectivity index (χ3v) is 2.36. The maximum atomic E-state index is 11.5. The van der Waals surface area contributed by atoms with Crippen molar-refractivity contribution in [3.05, 3.63) is 29.8 Å². The van der Waals surface area contributed by atoms with Gasteiger partial charge in [-0.25, -0.2) is 4.79 Å². The summed E-state index contributed by atoms with van der Waals surface area (Å²) in [5.74, 6) is 0.624. The van der Waals surface area contributed by atoms with Crippen molar-refractivity contribution < 1.29 is 4.79 Å². The third kappa shape index (κ3) is 5.38. The zero-order chi connectivity index (χ0) is 12.7. The van der Waals surface area contributed by atoms with Crippen molar-refractivity contribution in [2.45, 2.75) is 33.6 Å². The van der Waals surface area contributed by atoms with Crippen LogP contribution in [0, 0.1) is 5.92 Å². The van der Waals surface area contributed by atoms with E-state index in [1.165, 1.54) is 5.56 Å². The summed E-state index contributed by atoms with van der Waals surface area (Å²) in [5.41, 5.74) is 2.12. The van der Waals surface area contributed by atoms with Crippen molar-refractivity contribution in [2.75, 3.05) is 11.9 Å². The average Bonchev–Trinajstić information content (AvgIpc) is 2.26. The van der Waals surface area contributed by atoms with Crippen LogP contribution in [-0.2, 0) is 6.42 Å². The zero-order valence-electron chi connectivity index (χ0n) is 10.9. The highest BCUT2D eigenvalue weighted by Gasteiger charge is 2.02. The summed E-state index contributed by atoms with van der Waals surface area (Å²) in [6.07, 6.45) is 1.98. The van der Waals surface area contributed by atoms with Crippen molar-refractivity contribution in [1.82, 2.24) is 5.32 Å². The maximum absolute atomic E-state index is 11.5. The summed E-state index contributed by atoms with van der Waals surface area (Å²) in [6.45, 7) is 7.11. The van der Waals surface area contributed by atoms with Crippen LogP contribution in [0.1, 0.15) is 32.8 Å². The third-order valence-electron chi connectivity index (χ3n) is 2.36. The zero-order valence-corrected chi connectivity index (χ0v) is 10.9. The Morgan fingerprint density at radius 3 is 2.76 bits per heavy atom. The topological polar surface area (TPSA) is 41.1 Å². The number of anilines is 1. The van der Waals surface area contributed by atoms with Gasteiger partial charge in [-0.2, -0.15) is 0 Å². The number of urea groups is 1. The Bertz CT molecular complexity index is 361. The standard InChI is InChI=1S/C14H22N2O/c1-4-8-15-14(17)16-13-7-5-6-12(10-13)9-11(2)3/h5-7,10-11H,4,8-9H2,1-3H3,(H2,15,16,17). The molecule has 0 atom stereocenters. The van der Waals surface area contributed by atoms with Gasteiger partial charge in [-0.3, -0.25) is 0 Å². The normalized spacial score (nSPS) is 10.4. The molecule has 1 rings (SSSR count). The molecule has 17 heavy (non-hydrogen) atoms. The number of hydrogen-bond acceptors (Lipinski definition) is 1. The molecular formula is C14H22N2O. The van der Waals surface area contributed by atoms with Gasteiger partial charge in [-0.05, 0) is 36.5 Å². The quantitative estimate of drug-likeness (QED) is 0.805. The van der Waals surface area contributed by atoms with E-state index >= 15 is 0 Å². The molecular weight excluding hydrogens is 212 g/mol. The first-order chi connectivity index (χ1) is 8.11. The van der Waals surface area contributed by atoms with E-state index in [0.717, 1.165) is 18.5 Å². The predicted molar refractivity (Wildman–Crippen MR) is 72.3 cm³/mol. The summed E-state index contributed by atoms with van der Waals surface area (Å²) >= 11 is 0. The number of hydrogen-bond donors (Lipinski definition) is 2. The summed E-state index contributed by atoms with van der Waals surface area (Å²) in [5, 5.41) is 5.63. The number of amides is 2. The van der Waals surface area contributed by atoms with Crippen molar-refractivity contribution in [2.24, 2.45) is 5.92 Å². The molecule has 0 heterocycles. The van der Waals surface area contributed by atoms with E-state index in [9.17, 15) is 4.79 Å². The Hall–Kier alpha value is -1.51. The second-order valence-corrected chi connectivity index (χ2v) is 4.68. The molecule has 0 saturated carbocycles. The van der Waals surface area contributed by atoms with Crippen LogP contribution in [0.25, 0.3) is 0 Å². The smallest absolute Gasteiger partial charge is 0.319 e. The molecule has 0 aliphatic heterocycles. The minimum atomic E-state index is -0.131. The van der Waals surface area contributed by atoms with Crippen LogP contribution in [-0.4, -0.2) is 12.6 Å². The second kappa shape index (κ2) is 6.94. The van der Waals surface area contributed by atoms with E-state index in [4.69, 9.17) is 0 Å². The van der Waals surface area contributed by atoms with Gasteiger partial charge in [0.15, 0.2) is 0 Å². The van der Waals surface area contributed by atoms with Gasteiger partial charge < -0.3 is 10.6 Å². The van der Waals surface area contributed by atoms with E-state index in [1.54, 1.807) is 0 Å². The van der Waals surface area contributed by atoms with Crippen molar-refractivity contribution in [3.63, 3.8) is 0 Å². The van der Waals surface area contributed by atoms with Crippen LogP contribution in [0.15, 0.2) is 24.3 Å². The summed E-state index contributed by atoms with van der Waals surface area (Å²) < 4.78 is 0. The lowest BCUT2D eigenvalue weighted by atomic mass is 10.0. The minimum Gasteiger partial charge on any atom is -0.338 e. The number of carbonyl (C=O) groups is 1. The van der Waals surface area contributed by atoms with Crippen molar-refractivity contribution in [3.8, 4) is 0 Å². The largest absolute Gasteiger partial charge is 0.338 e. The monoisotopic (exact) mass is 234 g/mol. The van der Waals surface area contributed by atoms with E-state index in [2.05, 4.69) is 30.5 Å². The fourth-order valence-electron chi connectivity index (χ4n) is 1.66.